The third-order valence-corrected chi connectivity index (χ3v) is 8.29. The SMILES string of the molecule is COCCNC(=O)CNC(=O)CC(C1=C(O)[C@@]2(Oc3c(Cl)c(OC)cc(OC)c3C2=O)[C@H](C)CC1=O)c1ccc(O)c(OC)c1. The van der Waals surface area contributed by atoms with Gasteiger partial charge in [0, 0.05) is 50.0 Å². The molecule has 4 N–H and O–H groups in total. The Labute approximate surface area is 264 Å². The van der Waals surface area contributed by atoms with Crippen molar-refractivity contribution in [1.82, 2.24) is 10.6 Å². The first-order valence-corrected chi connectivity index (χ1v) is 14.4. The molecule has 0 saturated carbocycles. The molecule has 1 aliphatic carbocycles. The van der Waals surface area contributed by atoms with Crippen LogP contribution in [0.1, 0.15) is 41.6 Å². The summed E-state index contributed by atoms with van der Waals surface area (Å²) < 4.78 is 27.1. The molecule has 2 amide bonds. The van der Waals surface area contributed by atoms with E-state index in [-0.39, 0.29) is 71.0 Å². The Hall–Kier alpha value is -4.49. The molecule has 2 aromatic rings. The molecule has 14 heteroatoms. The Morgan fingerprint density at radius 3 is 2.36 bits per heavy atom. The van der Waals surface area contributed by atoms with Gasteiger partial charge in [0.1, 0.15) is 22.1 Å². The molecule has 0 radical (unpaired) electrons. The van der Waals surface area contributed by atoms with Crippen molar-refractivity contribution >= 4 is 35.0 Å². The number of phenols is 1. The Kier molecular flexibility index (Phi) is 10.1. The average Bonchev–Trinajstić information content (AvgIpc) is 3.33. The van der Waals surface area contributed by atoms with Crippen molar-refractivity contribution in [2.45, 2.75) is 31.3 Å². The van der Waals surface area contributed by atoms with E-state index in [0.717, 1.165) is 0 Å². The van der Waals surface area contributed by atoms with Crippen LogP contribution in [0.15, 0.2) is 35.6 Å². The van der Waals surface area contributed by atoms with Gasteiger partial charge < -0.3 is 44.5 Å². The number of allylic oxidation sites excluding steroid dienone is 1. The number of nitrogens with one attached hydrogen (secondary N) is 2. The molecule has 0 fully saturated rings. The van der Waals surface area contributed by atoms with Gasteiger partial charge in [-0.1, -0.05) is 24.6 Å². The number of halogens is 1. The standard InChI is InChI=1S/C31H35ClN2O11/c1-15-10-19(36)25(29(39)31(15)30(40)26-21(43-4)13-22(44-5)27(32)28(26)45-31)17(16-6-7-18(35)20(11-16)42-3)12-23(37)34-14-24(38)33-8-9-41-2/h6-7,11,13,15,17,35,39H,8-10,12,14H2,1-5H3,(H,33,38)(H,34,37)/t15-,17?,31+/m1/s1. The molecule has 0 bridgehead atoms. The van der Waals surface area contributed by atoms with E-state index in [0.29, 0.717) is 5.56 Å². The molecule has 1 heterocycles. The minimum Gasteiger partial charge on any atom is -0.507 e. The largest absolute Gasteiger partial charge is 0.507 e. The highest BCUT2D eigenvalue weighted by atomic mass is 35.5. The monoisotopic (exact) mass is 646 g/mol. The van der Waals surface area contributed by atoms with E-state index in [9.17, 15) is 29.4 Å². The number of methoxy groups -OCH3 is 4. The second-order valence-electron chi connectivity index (χ2n) is 10.6. The summed E-state index contributed by atoms with van der Waals surface area (Å²) in [5.74, 6) is -4.99. The second kappa shape index (κ2) is 13.7. The minimum atomic E-state index is -2.08. The fourth-order valence-electron chi connectivity index (χ4n) is 5.63. The van der Waals surface area contributed by atoms with Crippen LogP contribution in [0.25, 0.3) is 0 Å². The van der Waals surface area contributed by atoms with Crippen LogP contribution in [0.2, 0.25) is 5.02 Å². The van der Waals surface area contributed by atoms with Crippen LogP contribution in [0.4, 0.5) is 0 Å². The number of aliphatic hydroxyl groups is 1. The molecule has 2 aliphatic rings. The van der Waals surface area contributed by atoms with Gasteiger partial charge in [-0.25, -0.2) is 0 Å². The summed E-state index contributed by atoms with van der Waals surface area (Å²) in [6.45, 7) is 1.76. The first-order chi connectivity index (χ1) is 21.4. The van der Waals surface area contributed by atoms with Gasteiger partial charge in [-0.05, 0) is 17.7 Å². The third-order valence-electron chi connectivity index (χ3n) is 7.93. The lowest BCUT2D eigenvalue weighted by Gasteiger charge is -2.38. The minimum absolute atomic E-state index is 0.0278. The van der Waals surface area contributed by atoms with Crippen molar-refractivity contribution in [3.63, 3.8) is 0 Å². The van der Waals surface area contributed by atoms with E-state index in [1.807, 2.05) is 0 Å². The van der Waals surface area contributed by atoms with Gasteiger partial charge in [-0.2, -0.15) is 0 Å². The van der Waals surface area contributed by atoms with Crippen LogP contribution in [-0.4, -0.2) is 87.3 Å². The number of benzene rings is 2. The Morgan fingerprint density at radius 1 is 1.02 bits per heavy atom. The van der Waals surface area contributed by atoms with Gasteiger partial charge >= 0.3 is 0 Å². The number of aliphatic hydroxyl groups excluding tert-OH is 1. The van der Waals surface area contributed by atoms with Gasteiger partial charge in [0.25, 0.3) is 0 Å². The van der Waals surface area contributed by atoms with E-state index in [1.165, 1.54) is 52.7 Å². The van der Waals surface area contributed by atoms with Gasteiger partial charge in [-0.15, -0.1) is 0 Å². The lowest BCUT2D eigenvalue weighted by atomic mass is 9.69. The quantitative estimate of drug-likeness (QED) is 0.249. The molecule has 0 saturated heterocycles. The van der Waals surface area contributed by atoms with Gasteiger partial charge in [0.2, 0.25) is 23.2 Å². The summed E-state index contributed by atoms with van der Waals surface area (Å²) in [5.41, 5.74) is -2.05. The van der Waals surface area contributed by atoms with Crippen LogP contribution >= 0.6 is 11.6 Å². The molecule has 4 rings (SSSR count). The average molecular weight is 647 g/mol. The predicted molar refractivity (Wildman–Crippen MR) is 161 cm³/mol. The maximum atomic E-state index is 14.2. The number of carbonyl (C=O) groups excluding carboxylic acids is 4. The zero-order chi connectivity index (χ0) is 33.1. The van der Waals surface area contributed by atoms with Crippen molar-refractivity contribution < 1.29 is 53.1 Å². The number of amides is 2. The molecule has 1 spiro atoms. The zero-order valence-corrected chi connectivity index (χ0v) is 26.2. The van der Waals surface area contributed by atoms with Crippen molar-refractivity contribution in [2.75, 3.05) is 48.1 Å². The van der Waals surface area contributed by atoms with Gasteiger partial charge in [0.05, 0.1) is 34.5 Å². The lowest BCUT2D eigenvalue weighted by molar-refractivity contribution is -0.126. The molecule has 1 aliphatic heterocycles. The smallest absolute Gasteiger partial charge is 0.239 e. The Balaban J connectivity index is 1.81. The van der Waals surface area contributed by atoms with Crippen LogP contribution in [-0.2, 0) is 19.1 Å². The fraction of sp³-hybridized carbons (Fsp3) is 0.419. The topological polar surface area (TPSA) is 179 Å². The van der Waals surface area contributed by atoms with E-state index < -0.39 is 53.0 Å². The van der Waals surface area contributed by atoms with Crippen LogP contribution in [0.5, 0.6) is 28.7 Å². The number of hydrogen-bond acceptors (Lipinski definition) is 11. The molecule has 2 aromatic carbocycles. The van der Waals surface area contributed by atoms with Crippen molar-refractivity contribution in [3.8, 4) is 28.7 Å². The molecule has 242 valence electrons. The van der Waals surface area contributed by atoms with Gasteiger partial charge in [-0.3, -0.25) is 19.2 Å². The first-order valence-electron chi connectivity index (χ1n) is 14.0. The Bertz CT molecular complexity index is 1560. The number of hydrogen-bond donors (Lipinski definition) is 4. The molecular weight excluding hydrogens is 612 g/mol. The van der Waals surface area contributed by atoms with E-state index in [2.05, 4.69) is 10.6 Å². The van der Waals surface area contributed by atoms with E-state index in [1.54, 1.807) is 6.92 Å². The summed E-state index contributed by atoms with van der Waals surface area (Å²) >= 11 is 6.53. The molecule has 45 heavy (non-hydrogen) atoms. The fourth-order valence-corrected chi connectivity index (χ4v) is 5.89. The number of phenolic OH excluding ortho intramolecular Hbond substituents is 1. The molecule has 0 aromatic heterocycles. The molecular formula is C31H35ClN2O11. The highest BCUT2D eigenvalue weighted by Crippen LogP contribution is 2.56. The van der Waals surface area contributed by atoms with Crippen molar-refractivity contribution in [3.05, 3.63) is 51.7 Å². The molecule has 3 atom stereocenters. The number of ether oxygens (including phenoxy) is 5. The highest BCUT2D eigenvalue weighted by Gasteiger charge is 2.61. The van der Waals surface area contributed by atoms with Crippen LogP contribution in [0, 0.1) is 5.92 Å². The van der Waals surface area contributed by atoms with Crippen LogP contribution in [0.3, 0.4) is 0 Å². The number of Topliss-reactive ketones (excluding diaryl/α,β-unsaturated/α-hetero) is 2. The molecule has 1 unspecified atom stereocenters. The van der Waals surface area contributed by atoms with Crippen molar-refractivity contribution in [1.29, 1.82) is 0 Å². The Morgan fingerprint density at radius 2 is 1.71 bits per heavy atom. The van der Waals surface area contributed by atoms with E-state index >= 15 is 0 Å². The number of fused-ring (bicyclic) bond motifs is 1. The third kappa shape index (κ3) is 6.09. The van der Waals surface area contributed by atoms with Crippen LogP contribution < -0.4 is 29.6 Å². The summed E-state index contributed by atoms with van der Waals surface area (Å²) in [6.07, 6.45) is -0.653. The van der Waals surface area contributed by atoms with E-state index in [4.69, 9.17) is 35.3 Å². The molecule has 13 nitrogen and oxygen atoms in total. The summed E-state index contributed by atoms with van der Waals surface area (Å²) in [6, 6.07) is 5.61. The highest BCUT2D eigenvalue weighted by molar-refractivity contribution is 6.35. The number of rotatable bonds is 12. The maximum absolute atomic E-state index is 14.2. The predicted octanol–water partition coefficient (Wildman–Crippen LogP) is 2.86. The zero-order valence-electron chi connectivity index (χ0n) is 25.4. The lowest BCUT2D eigenvalue weighted by Crippen LogP contribution is -2.53. The summed E-state index contributed by atoms with van der Waals surface area (Å²) in [4.78, 5) is 53.3. The number of aromatic hydroxyl groups is 1. The normalized spacial score (nSPS) is 19.6. The summed E-state index contributed by atoms with van der Waals surface area (Å²) in [5, 5.41) is 27.2. The second-order valence-corrected chi connectivity index (χ2v) is 10.9. The number of carbonyl (C=O) groups is 4. The summed E-state index contributed by atoms with van der Waals surface area (Å²) in [7, 11) is 5.54. The van der Waals surface area contributed by atoms with Gasteiger partial charge in [0.15, 0.2) is 28.8 Å². The maximum Gasteiger partial charge on any atom is 0.239 e. The first kappa shape index (κ1) is 33.4. The van der Waals surface area contributed by atoms with Crippen molar-refractivity contribution in [2.24, 2.45) is 5.92 Å². The number of ketones is 2.